The lowest BCUT2D eigenvalue weighted by molar-refractivity contribution is -0.126. The second-order valence-electron chi connectivity index (χ2n) is 9.48. The van der Waals surface area contributed by atoms with E-state index in [-0.39, 0.29) is 16.3 Å². The standard InChI is InChI=1S/C24H26F3N5OS/c1-15(16-2-4-17(5-3-16)20(28)33)31-8-6-23(12-31)7-9-32(13-23)21-19-10-18(11-24(25,26)27)34-22(19)30-14-29-21/h2-5,10,14-15H,6-9,11-13H2,1H3,(H2,28,33). The van der Waals surface area contributed by atoms with Gasteiger partial charge in [0.25, 0.3) is 0 Å². The molecule has 4 heterocycles. The van der Waals surface area contributed by atoms with Crippen molar-refractivity contribution in [1.82, 2.24) is 14.9 Å². The monoisotopic (exact) mass is 489 g/mol. The first kappa shape index (κ1) is 23.0. The predicted molar refractivity (Wildman–Crippen MR) is 126 cm³/mol. The predicted octanol–water partition coefficient (Wildman–Crippen LogP) is 4.56. The molecular weight excluding hydrogens is 463 g/mol. The summed E-state index contributed by atoms with van der Waals surface area (Å²) >= 11 is 1.09. The van der Waals surface area contributed by atoms with Crippen LogP contribution in [0.4, 0.5) is 19.0 Å². The third-order valence-electron chi connectivity index (χ3n) is 7.17. The number of aromatic nitrogens is 2. The quantitative estimate of drug-likeness (QED) is 0.569. The van der Waals surface area contributed by atoms with E-state index in [0.717, 1.165) is 61.7 Å². The number of halogens is 3. The zero-order valence-corrected chi connectivity index (χ0v) is 19.6. The van der Waals surface area contributed by atoms with Crippen LogP contribution in [0.15, 0.2) is 36.7 Å². The van der Waals surface area contributed by atoms with Crippen LogP contribution in [0.1, 0.15) is 46.6 Å². The van der Waals surface area contributed by atoms with Crippen molar-refractivity contribution in [3.05, 3.63) is 52.7 Å². The minimum atomic E-state index is -4.24. The number of carbonyl (C=O) groups is 1. The SMILES string of the molecule is CC(c1ccc(C(N)=O)cc1)N1CCC2(CCN(c3ncnc4sc(CC(F)(F)F)cc34)C2)C1. The van der Waals surface area contributed by atoms with Crippen LogP contribution in [-0.2, 0) is 6.42 Å². The summed E-state index contributed by atoms with van der Waals surface area (Å²) in [6.07, 6.45) is -1.65. The van der Waals surface area contributed by atoms with E-state index in [1.807, 2.05) is 12.1 Å². The van der Waals surface area contributed by atoms with Crippen molar-refractivity contribution < 1.29 is 18.0 Å². The van der Waals surface area contributed by atoms with Crippen molar-refractivity contribution in [2.75, 3.05) is 31.1 Å². The lowest BCUT2D eigenvalue weighted by Gasteiger charge is -2.28. The van der Waals surface area contributed by atoms with Crippen LogP contribution < -0.4 is 10.6 Å². The Kier molecular flexibility index (Phi) is 5.76. The average molecular weight is 490 g/mol. The van der Waals surface area contributed by atoms with E-state index < -0.39 is 18.5 Å². The molecule has 34 heavy (non-hydrogen) atoms. The maximum Gasteiger partial charge on any atom is 0.393 e. The van der Waals surface area contributed by atoms with Gasteiger partial charge < -0.3 is 10.6 Å². The van der Waals surface area contributed by atoms with Gasteiger partial charge in [0.2, 0.25) is 5.91 Å². The van der Waals surface area contributed by atoms with Gasteiger partial charge in [0.1, 0.15) is 17.0 Å². The number of fused-ring (bicyclic) bond motifs is 1. The van der Waals surface area contributed by atoms with Crippen LogP contribution in [0, 0.1) is 5.41 Å². The Bertz CT molecular complexity index is 1210. The molecule has 1 spiro atoms. The number of amides is 1. The van der Waals surface area contributed by atoms with Crippen molar-refractivity contribution >= 4 is 33.3 Å². The smallest absolute Gasteiger partial charge is 0.366 e. The minimum absolute atomic E-state index is 0.128. The van der Waals surface area contributed by atoms with Gasteiger partial charge >= 0.3 is 6.18 Å². The first-order valence-electron chi connectivity index (χ1n) is 11.3. The summed E-state index contributed by atoms with van der Waals surface area (Å²) in [6.45, 7) is 5.74. The molecule has 0 saturated carbocycles. The first-order valence-corrected chi connectivity index (χ1v) is 12.1. The fourth-order valence-corrected chi connectivity index (χ4v) is 6.34. The molecule has 2 fully saturated rings. The summed E-state index contributed by atoms with van der Waals surface area (Å²) < 4.78 is 38.7. The molecule has 3 aromatic rings. The van der Waals surface area contributed by atoms with Crippen LogP contribution in [0.2, 0.25) is 0 Å². The highest BCUT2D eigenvalue weighted by Crippen LogP contribution is 2.44. The van der Waals surface area contributed by atoms with Crippen LogP contribution in [0.5, 0.6) is 0 Å². The lowest BCUT2D eigenvalue weighted by atomic mass is 9.86. The van der Waals surface area contributed by atoms with Crippen molar-refractivity contribution in [3.63, 3.8) is 0 Å². The van der Waals surface area contributed by atoms with Crippen LogP contribution in [0.25, 0.3) is 10.2 Å². The van der Waals surface area contributed by atoms with Gasteiger partial charge in [0, 0.05) is 41.5 Å². The first-order chi connectivity index (χ1) is 16.1. The highest BCUT2D eigenvalue weighted by atomic mass is 32.1. The number of hydrogen-bond acceptors (Lipinski definition) is 6. The van der Waals surface area contributed by atoms with E-state index in [4.69, 9.17) is 5.73 Å². The summed E-state index contributed by atoms with van der Waals surface area (Å²) in [7, 11) is 0. The molecule has 2 atom stereocenters. The third-order valence-corrected chi connectivity index (χ3v) is 8.21. The molecule has 2 aliphatic rings. The summed E-state index contributed by atoms with van der Waals surface area (Å²) in [5.41, 5.74) is 7.13. The number of benzene rings is 1. The number of anilines is 1. The Morgan fingerprint density at radius 3 is 2.62 bits per heavy atom. The van der Waals surface area contributed by atoms with E-state index in [9.17, 15) is 18.0 Å². The Balaban J connectivity index is 1.30. The maximum atomic E-state index is 12.9. The molecule has 10 heteroatoms. The Morgan fingerprint density at radius 1 is 1.18 bits per heavy atom. The van der Waals surface area contributed by atoms with E-state index in [0.29, 0.717) is 15.8 Å². The molecular formula is C24H26F3N5OS. The molecule has 1 amide bonds. The molecule has 0 bridgehead atoms. The molecule has 2 unspecified atom stereocenters. The number of primary amides is 1. The zero-order valence-electron chi connectivity index (χ0n) is 18.8. The Labute approximate surface area is 199 Å². The summed E-state index contributed by atoms with van der Waals surface area (Å²) in [6, 6.07) is 9.28. The molecule has 2 saturated heterocycles. The molecule has 0 radical (unpaired) electrons. The highest BCUT2D eigenvalue weighted by molar-refractivity contribution is 7.18. The largest absolute Gasteiger partial charge is 0.393 e. The normalized spacial score (nSPS) is 22.2. The number of hydrogen-bond donors (Lipinski definition) is 1. The van der Waals surface area contributed by atoms with E-state index in [1.165, 1.54) is 6.33 Å². The molecule has 1 aromatic carbocycles. The van der Waals surface area contributed by atoms with Gasteiger partial charge in [-0.2, -0.15) is 13.2 Å². The number of rotatable bonds is 5. The number of carbonyl (C=O) groups excluding carboxylic acids is 1. The highest BCUT2D eigenvalue weighted by Gasteiger charge is 2.45. The average Bonchev–Trinajstić information content (AvgIpc) is 3.50. The topological polar surface area (TPSA) is 75.4 Å². The number of nitrogens with zero attached hydrogens (tertiary/aromatic N) is 4. The van der Waals surface area contributed by atoms with Gasteiger partial charge in [-0.05, 0) is 50.1 Å². The second-order valence-corrected chi connectivity index (χ2v) is 10.6. The van der Waals surface area contributed by atoms with Crippen LogP contribution >= 0.6 is 11.3 Å². The third kappa shape index (κ3) is 4.48. The van der Waals surface area contributed by atoms with Crippen molar-refractivity contribution in [2.24, 2.45) is 11.1 Å². The fraction of sp³-hybridized carbons (Fsp3) is 0.458. The number of nitrogens with two attached hydrogens (primary N) is 1. The van der Waals surface area contributed by atoms with E-state index in [1.54, 1.807) is 18.2 Å². The Hall–Kier alpha value is -2.72. The van der Waals surface area contributed by atoms with Crippen molar-refractivity contribution in [3.8, 4) is 0 Å². The van der Waals surface area contributed by atoms with Gasteiger partial charge in [0.05, 0.1) is 11.8 Å². The van der Waals surface area contributed by atoms with E-state index >= 15 is 0 Å². The molecule has 2 N–H and O–H groups in total. The second kappa shape index (κ2) is 8.49. The number of thiophene rings is 1. The van der Waals surface area contributed by atoms with Gasteiger partial charge in [-0.15, -0.1) is 11.3 Å². The fourth-order valence-electron chi connectivity index (χ4n) is 5.32. The van der Waals surface area contributed by atoms with Crippen LogP contribution in [0.3, 0.4) is 0 Å². The van der Waals surface area contributed by atoms with Crippen LogP contribution in [-0.4, -0.2) is 53.1 Å². The summed E-state index contributed by atoms with van der Waals surface area (Å²) in [5.74, 6) is 0.306. The summed E-state index contributed by atoms with van der Waals surface area (Å²) in [5, 5.41) is 0.710. The number of alkyl halides is 3. The molecule has 2 aromatic heterocycles. The number of likely N-dealkylation sites (tertiary alicyclic amines) is 1. The maximum absolute atomic E-state index is 12.9. The minimum Gasteiger partial charge on any atom is -0.366 e. The van der Waals surface area contributed by atoms with E-state index in [2.05, 4.69) is 26.7 Å². The molecule has 180 valence electrons. The van der Waals surface area contributed by atoms with Gasteiger partial charge in [-0.25, -0.2) is 9.97 Å². The zero-order chi connectivity index (χ0) is 24.1. The molecule has 2 aliphatic heterocycles. The van der Waals surface area contributed by atoms with Crippen molar-refractivity contribution in [2.45, 2.75) is 38.4 Å². The van der Waals surface area contributed by atoms with Gasteiger partial charge in [0.15, 0.2) is 0 Å². The summed E-state index contributed by atoms with van der Waals surface area (Å²) in [4.78, 5) is 25.6. The van der Waals surface area contributed by atoms with Gasteiger partial charge in [-0.3, -0.25) is 9.69 Å². The molecule has 5 rings (SSSR count). The van der Waals surface area contributed by atoms with Crippen molar-refractivity contribution in [1.29, 1.82) is 0 Å². The Morgan fingerprint density at radius 2 is 1.91 bits per heavy atom. The lowest BCUT2D eigenvalue weighted by Crippen LogP contribution is -2.32. The van der Waals surface area contributed by atoms with Gasteiger partial charge in [-0.1, -0.05) is 12.1 Å². The molecule has 6 nitrogen and oxygen atoms in total. The molecule has 0 aliphatic carbocycles.